The molecule has 1 aliphatic heterocycles. The van der Waals surface area contributed by atoms with E-state index in [0.717, 1.165) is 33.1 Å². The molecule has 4 aromatic rings. The fraction of sp³-hybridized carbons (Fsp3) is 0.167. The van der Waals surface area contributed by atoms with Gasteiger partial charge >= 0.3 is 0 Å². The minimum Gasteiger partial charge on any atom is -0.454 e. The molecule has 1 amide bonds. The maximum atomic E-state index is 12.5. The monoisotopic (exact) mass is 431 g/mol. The quantitative estimate of drug-likeness (QED) is 0.458. The Balaban J connectivity index is 1.18. The van der Waals surface area contributed by atoms with Crippen LogP contribution in [0.5, 0.6) is 11.5 Å². The Labute approximate surface area is 183 Å². The molecule has 6 nitrogen and oxygen atoms in total. The van der Waals surface area contributed by atoms with E-state index in [-0.39, 0.29) is 18.7 Å². The topological polar surface area (TPSA) is 72.5 Å². The van der Waals surface area contributed by atoms with Crippen molar-refractivity contribution < 1.29 is 14.3 Å². The Morgan fingerprint density at radius 2 is 1.87 bits per heavy atom. The third-order valence-electron chi connectivity index (χ3n) is 5.11. The van der Waals surface area contributed by atoms with Gasteiger partial charge in [0.2, 0.25) is 12.7 Å². The fourth-order valence-corrected chi connectivity index (χ4v) is 4.38. The first-order chi connectivity index (χ1) is 15.2. The summed E-state index contributed by atoms with van der Waals surface area (Å²) < 4.78 is 11.9. The lowest BCUT2D eigenvalue weighted by molar-refractivity contribution is -0.121. The van der Waals surface area contributed by atoms with Gasteiger partial charge in [0.1, 0.15) is 11.0 Å². The average Bonchev–Trinajstić information content (AvgIpc) is 3.44. The number of nitrogens with zero attached hydrogens (tertiary/aromatic N) is 1. The number of hydrogen-bond acceptors (Lipinski definition) is 6. The van der Waals surface area contributed by atoms with Crippen molar-refractivity contribution in [3.05, 3.63) is 72.3 Å². The van der Waals surface area contributed by atoms with Crippen LogP contribution >= 0.6 is 11.3 Å². The minimum atomic E-state index is -0.373. The van der Waals surface area contributed by atoms with Gasteiger partial charge in [-0.3, -0.25) is 4.79 Å². The largest absolute Gasteiger partial charge is 0.454 e. The van der Waals surface area contributed by atoms with Gasteiger partial charge in [0.15, 0.2) is 11.5 Å². The second-order valence-corrected chi connectivity index (χ2v) is 8.37. The molecule has 0 saturated carbocycles. The molecule has 0 spiro atoms. The number of thiazole rings is 1. The summed E-state index contributed by atoms with van der Waals surface area (Å²) in [4.78, 5) is 17.2. The van der Waals surface area contributed by atoms with Gasteiger partial charge in [-0.05, 0) is 61.0 Å². The molecule has 7 heteroatoms. The molecule has 0 unspecified atom stereocenters. The zero-order chi connectivity index (χ0) is 21.2. The summed E-state index contributed by atoms with van der Waals surface area (Å²) in [6.45, 7) is 2.51. The Bertz CT molecular complexity index is 1200. The van der Waals surface area contributed by atoms with Gasteiger partial charge in [0.25, 0.3) is 0 Å². The summed E-state index contributed by atoms with van der Waals surface area (Å²) in [7, 11) is 0. The van der Waals surface area contributed by atoms with Crippen LogP contribution in [-0.4, -0.2) is 23.7 Å². The molecule has 1 aromatic heterocycles. The van der Waals surface area contributed by atoms with E-state index in [1.54, 1.807) is 11.3 Å². The predicted molar refractivity (Wildman–Crippen MR) is 123 cm³/mol. The molecule has 3 aromatic carbocycles. The molecule has 2 heterocycles. The van der Waals surface area contributed by atoms with Crippen molar-refractivity contribution in [2.75, 3.05) is 12.1 Å². The van der Waals surface area contributed by atoms with Crippen molar-refractivity contribution in [3.8, 4) is 22.1 Å². The number of hydrogen-bond donors (Lipinski definition) is 2. The van der Waals surface area contributed by atoms with Crippen molar-refractivity contribution in [1.82, 2.24) is 10.3 Å². The van der Waals surface area contributed by atoms with Crippen molar-refractivity contribution in [2.24, 2.45) is 0 Å². The van der Waals surface area contributed by atoms with E-state index >= 15 is 0 Å². The molecule has 0 aliphatic carbocycles. The first-order valence-electron chi connectivity index (χ1n) is 10.0. The van der Waals surface area contributed by atoms with Crippen LogP contribution in [0, 0.1) is 0 Å². The number of rotatable bonds is 6. The summed E-state index contributed by atoms with van der Waals surface area (Å²) in [5.41, 5.74) is 3.92. The highest BCUT2D eigenvalue weighted by Gasteiger charge is 2.15. The summed E-state index contributed by atoms with van der Waals surface area (Å²) in [6, 6.07) is 21.4. The first kappa shape index (κ1) is 19.4. The Kier molecular flexibility index (Phi) is 5.18. The highest BCUT2D eigenvalue weighted by Crippen LogP contribution is 2.32. The highest BCUT2D eigenvalue weighted by molar-refractivity contribution is 7.21. The Morgan fingerprint density at radius 3 is 2.71 bits per heavy atom. The van der Waals surface area contributed by atoms with Gasteiger partial charge in [0.05, 0.1) is 10.2 Å². The van der Waals surface area contributed by atoms with Crippen molar-refractivity contribution in [1.29, 1.82) is 0 Å². The van der Waals surface area contributed by atoms with Gasteiger partial charge < -0.3 is 20.1 Å². The number of nitrogens with one attached hydrogen (secondary N) is 2. The van der Waals surface area contributed by atoms with Crippen LogP contribution in [0.3, 0.4) is 0 Å². The van der Waals surface area contributed by atoms with Crippen LogP contribution in [0.2, 0.25) is 0 Å². The van der Waals surface area contributed by atoms with Crippen LogP contribution in [0.1, 0.15) is 12.5 Å². The van der Waals surface area contributed by atoms with Gasteiger partial charge in [-0.2, -0.15) is 0 Å². The molecule has 31 heavy (non-hydrogen) atoms. The third kappa shape index (κ3) is 4.18. The summed E-state index contributed by atoms with van der Waals surface area (Å²) in [5, 5.41) is 7.20. The molecular weight excluding hydrogens is 410 g/mol. The van der Waals surface area contributed by atoms with Crippen LogP contribution in [0.4, 0.5) is 5.69 Å². The normalized spacial score (nSPS) is 13.2. The van der Waals surface area contributed by atoms with Gasteiger partial charge in [-0.1, -0.05) is 18.2 Å². The summed E-state index contributed by atoms with van der Waals surface area (Å²) in [5.74, 6) is 1.37. The second kappa shape index (κ2) is 8.28. The molecule has 1 atom stereocenters. The Morgan fingerprint density at radius 1 is 1.06 bits per heavy atom. The van der Waals surface area contributed by atoms with E-state index in [4.69, 9.17) is 14.5 Å². The van der Waals surface area contributed by atoms with E-state index in [9.17, 15) is 4.79 Å². The first-order valence-corrected chi connectivity index (χ1v) is 10.9. The lowest BCUT2D eigenvalue weighted by Gasteiger charge is -2.15. The minimum absolute atomic E-state index is 0.0760. The molecule has 0 fully saturated rings. The van der Waals surface area contributed by atoms with E-state index in [0.29, 0.717) is 12.3 Å². The maximum absolute atomic E-state index is 12.5. The second-order valence-electron chi connectivity index (χ2n) is 7.34. The van der Waals surface area contributed by atoms with E-state index < -0.39 is 0 Å². The lowest BCUT2D eigenvalue weighted by Crippen LogP contribution is -2.37. The van der Waals surface area contributed by atoms with Crippen LogP contribution in [0.15, 0.2) is 66.7 Å². The lowest BCUT2D eigenvalue weighted by atomic mass is 10.2. The number of ether oxygens (including phenoxy) is 2. The smallest absolute Gasteiger partial charge is 0.242 e. The Hall–Kier alpha value is -3.58. The fourth-order valence-electron chi connectivity index (χ4n) is 3.41. The molecule has 156 valence electrons. The number of para-hydroxylation sites is 1. The molecule has 5 rings (SSSR count). The van der Waals surface area contributed by atoms with Gasteiger partial charge in [0, 0.05) is 17.8 Å². The number of amides is 1. The van der Waals surface area contributed by atoms with Crippen LogP contribution in [-0.2, 0) is 11.3 Å². The van der Waals surface area contributed by atoms with Crippen LogP contribution < -0.4 is 20.1 Å². The zero-order valence-corrected chi connectivity index (χ0v) is 17.7. The molecule has 0 bridgehead atoms. The van der Waals surface area contributed by atoms with Crippen molar-refractivity contribution in [3.63, 3.8) is 0 Å². The zero-order valence-electron chi connectivity index (χ0n) is 16.9. The van der Waals surface area contributed by atoms with E-state index in [1.807, 2.05) is 67.6 Å². The van der Waals surface area contributed by atoms with Gasteiger partial charge in [-0.15, -0.1) is 11.3 Å². The molecular formula is C24H21N3O3S. The standard InChI is InChI=1S/C24H21N3O3S/c1-15(23(28)25-13-16-6-11-20-21(12-16)30-14-29-20)26-18-9-7-17(8-10-18)24-27-19-4-2-3-5-22(19)31-24/h2-12,15,26H,13-14H2,1H3,(H,25,28)/t15-/m0/s1. The van der Waals surface area contributed by atoms with E-state index in [1.165, 1.54) is 4.70 Å². The van der Waals surface area contributed by atoms with Crippen LogP contribution in [0.25, 0.3) is 20.8 Å². The SMILES string of the molecule is C[C@H](Nc1ccc(-c2nc3ccccc3s2)cc1)C(=O)NCc1ccc2c(c1)OCO2. The molecule has 1 aliphatic rings. The predicted octanol–water partition coefficient (Wildman–Crippen LogP) is 4.81. The van der Waals surface area contributed by atoms with Crippen molar-refractivity contribution >= 4 is 33.1 Å². The number of aromatic nitrogens is 1. The number of anilines is 1. The maximum Gasteiger partial charge on any atom is 0.242 e. The van der Waals surface area contributed by atoms with Crippen molar-refractivity contribution in [2.45, 2.75) is 19.5 Å². The highest BCUT2D eigenvalue weighted by atomic mass is 32.1. The molecule has 0 saturated heterocycles. The average molecular weight is 432 g/mol. The number of benzene rings is 3. The third-order valence-corrected chi connectivity index (χ3v) is 6.19. The van der Waals surface area contributed by atoms with E-state index in [2.05, 4.69) is 16.7 Å². The van der Waals surface area contributed by atoms with Gasteiger partial charge in [-0.25, -0.2) is 4.98 Å². The number of fused-ring (bicyclic) bond motifs is 2. The summed E-state index contributed by atoms with van der Waals surface area (Å²) >= 11 is 1.67. The molecule has 2 N–H and O–H groups in total. The summed E-state index contributed by atoms with van der Waals surface area (Å²) in [6.07, 6.45) is 0. The molecule has 0 radical (unpaired) electrons. The number of carbonyl (C=O) groups is 1. The number of carbonyl (C=O) groups excluding carboxylic acids is 1.